The van der Waals surface area contributed by atoms with E-state index in [0.717, 1.165) is 10.9 Å². The standard InChI is InChI=1S/C21H30BrN3O3/c1-21(2,3)14-18(26)25-12-5-9-17(25)20(28)24-11-6-10-23-19(27)15-7-4-8-16(22)13-15/h4,7-8,13,17H,5-6,9-12,14H2,1-3H3,(H,23,27)(H,24,28). The molecule has 1 heterocycles. The average molecular weight is 452 g/mol. The molecule has 1 aliphatic rings. The van der Waals surface area contributed by atoms with Gasteiger partial charge in [0.15, 0.2) is 0 Å². The van der Waals surface area contributed by atoms with Gasteiger partial charge in [-0.05, 0) is 42.9 Å². The van der Waals surface area contributed by atoms with Gasteiger partial charge in [0.1, 0.15) is 6.04 Å². The molecule has 1 fully saturated rings. The fraction of sp³-hybridized carbons (Fsp3) is 0.571. The van der Waals surface area contributed by atoms with E-state index in [0.29, 0.717) is 44.5 Å². The van der Waals surface area contributed by atoms with Gasteiger partial charge in [0, 0.05) is 36.1 Å². The zero-order chi connectivity index (χ0) is 20.7. The minimum absolute atomic E-state index is 0.0476. The van der Waals surface area contributed by atoms with Crippen LogP contribution in [-0.2, 0) is 9.59 Å². The number of amides is 3. The van der Waals surface area contributed by atoms with Crippen LogP contribution in [0.25, 0.3) is 0 Å². The van der Waals surface area contributed by atoms with E-state index in [1.54, 1.807) is 17.0 Å². The van der Waals surface area contributed by atoms with E-state index in [1.807, 2.05) is 32.9 Å². The van der Waals surface area contributed by atoms with E-state index in [-0.39, 0.29) is 29.2 Å². The number of benzene rings is 1. The first-order valence-corrected chi connectivity index (χ1v) is 10.6. The van der Waals surface area contributed by atoms with Crippen molar-refractivity contribution < 1.29 is 14.4 Å². The quantitative estimate of drug-likeness (QED) is 0.625. The smallest absolute Gasteiger partial charge is 0.251 e. The molecule has 1 aromatic carbocycles. The second-order valence-corrected chi connectivity index (χ2v) is 9.31. The molecule has 2 N–H and O–H groups in total. The van der Waals surface area contributed by atoms with Gasteiger partial charge in [-0.1, -0.05) is 42.8 Å². The lowest BCUT2D eigenvalue weighted by Gasteiger charge is -2.27. The summed E-state index contributed by atoms with van der Waals surface area (Å²) >= 11 is 3.35. The summed E-state index contributed by atoms with van der Waals surface area (Å²) in [5, 5.41) is 5.75. The Morgan fingerprint density at radius 2 is 1.89 bits per heavy atom. The van der Waals surface area contributed by atoms with E-state index < -0.39 is 0 Å². The lowest BCUT2D eigenvalue weighted by molar-refractivity contribution is -0.139. The van der Waals surface area contributed by atoms with Crippen LogP contribution >= 0.6 is 15.9 Å². The van der Waals surface area contributed by atoms with E-state index >= 15 is 0 Å². The second-order valence-electron chi connectivity index (χ2n) is 8.39. The zero-order valence-corrected chi connectivity index (χ0v) is 18.5. The molecule has 6 nitrogen and oxygen atoms in total. The summed E-state index contributed by atoms with van der Waals surface area (Å²) in [6.45, 7) is 7.67. The van der Waals surface area contributed by atoms with Crippen molar-refractivity contribution in [3.8, 4) is 0 Å². The highest BCUT2D eigenvalue weighted by Gasteiger charge is 2.35. The fourth-order valence-electron chi connectivity index (χ4n) is 3.24. The van der Waals surface area contributed by atoms with Crippen molar-refractivity contribution in [2.75, 3.05) is 19.6 Å². The number of carbonyl (C=O) groups excluding carboxylic acids is 3. The molecule has 0 aromatic heterocycles. The molecule has 2 rings (SSSR count). The molecule has 0 spiro atoms. The molecule has 0 bridgehead atoms. The number of halogens is 1. The van der Waals surface area contributed by atoms with Crippen molar-refractivity contribution in [2.45, 2.75) is 52.5 Å². The lowest BCUT2D eigenvalue weighted by Crippen LogP contribution is -2.47. The minimum Gasteiger partial charge on any atom is -0.354 e. The Bertz CT molecular complexity index is 715. The number of hydrogen-bond acceptors (Lipinski definition) is 3. The van der Waals surface area contributed by atoms with Crippen molar-refractivity contribution in [3.05, 3.63) is 34.3 Å². The number of carbonyl (C=O) groups is 3. The maximum atomic E-state index is 12.5. The molecular weight excluding hydrogens is 422 g/mol. The molecule has 1 unspecified atom stereocenters. The van der Waals surface area contributed by atoms with Crippen LogP contribution in [0.3, 0.4) is 0 Å². The molecule has 154 valence electrons. The van der Waals surface area contributed by atoms with E-state index in [9.17, 15) is 14.4 Å². The number of likely N-dealkylation sites (tertiary alicyclic amines) is 1. The van der Waals surface area contributed by atoms with Crippen LogP contribution in [0.2, 0.25) is 0 Å². The van der Waals surface area contributed by atoms with Gasteiger partial charge in [-0.2, -0.15) is 0 Å². The summed E-state index contributed by atoms with van der Waals surface area (Å²) in [5.74, 6) is -0.188. The zero-order valence-electron chi connectivity index (χ0n) is 16.9. The van der Waals surface area contributed by atoms with Gasteiger partial charge >= 0.3 is 0 Å². The van der Waals surface area contributed by atoms with Crippen molar-refractivity contribution >= 4 is 33.7 Å². The number of nitrogens with zero attached hydrogens (tertiary/aromatic N) is 1. The molecule has 1 aliphatic heterocycles. The SMILES string of the molecule is CC(C)(C)CC(=O)N1CCCC1C(=O)NCCCNC(=O)c1cccc(Br)c1. The molecule has 3 amide bonds. The Morgan fingerprint density at radius 3 is 2.57 bits per heavy atom. The Kier molecular flexibility index (Phi) is 8.04. The Labute approximate surface area is 175 Å². The van der Waals surface area contributed by atoms with Crippen LogP contribution in [0.1, 0.15) is 56.8 Å². The monoisotopic (exact) mass is 451 g/mol. The lowest BCUT2D eigenvalue weighted by atomic mass is 9.91. The number of nitrogens with one attached hydrogen (secondary N) is 2. The first kappa shape index (κ1) is 22.4. The summed E-state index contributed by atoms with van der Waals surface area (Å²) in [4.78, 5) is 38.8. The normalized spacial score (nSPS) is 16.7. The van der Waals surface area contributed by atoms with Gasteiger partial charge in [0.25, 0.3) is 5.91 Å². The Balaban J connectivity index is 1.71. The molecule has 1 atom stereocenters. The molecule has 7 heteroatoms. The van der Waals surface area contributed by atoms with Crippen molar-refractivity contribution in [2.24, 2.45) is 5.41 Å². The summed E-state index contributed by atoms with van der Waals surface area (Å²) in [6, 6.07) is 6.83. The maximum absolute atomic E-state index is 12.5. The van der Waals surface area contributed by atoms with Gasteiger partial charge in [-0.15, -0.1) is 0 Å². The maximum Gasteiger partial charge on any atom is 0.251 e. The Morgan fingerprint density at radius 1 is 1.18 bits per heavy atom. The van der Waals surface area contributed by atoms with Crippen LogP contribution in [0.5, 0.6) is 0 Å². The van der Waals surface area contributed by atoms with Crippen LogP contribution in [-0.4, -0.2) is 48.3 Å². The van der Waals surface area contributed by atoms with Crippen molar-refractivity contribution in [1.82, 2.24) is 15.5 Å². The molecule has 0 saturated carbocycles. The molecule has 0 aliphatic carbocycles. The third kappa shape index (κ3) is 6.93. The highest BCUT2D eigenvalue weighted by atomic mass is 79.9. The fourth-order valence-corrected chi connectivity index (χ4v) is 3.64. The molecule has 28 heavy (non-hydrogen) atoms. The van der Waals surface area contributed by atoms with Crippen LogP contribution < -0.4 is 10.6 Å². The van der Waals surface area contributed by atoms with E-state index in [1.165, 1.54) is 0 Å². The van der Waals surface area contributed by atoms with Crippen molar-refractivity contribution in [1.29, 1.82) is 0 Å². The van der Waals surface area contributed by atoms with Gasteiger partial charge in [0.05, 0.1) is 0 Å². The van der Waals surface area contributed by atoms with Crippen LogP contribution in [0, 0.1) is 5.41 Å². The summed E-state index contributed by atoms with van der Waals surface area (Å²) < 4.78 is 0.856. The molecule has 0 radical (unpaired) electrons. The predicted octanol–water partition coefficient (Wildman–Crippen LogP) is 3.11. The molecule has 1 aromatic rings. The second kappa shape index (κ2) is 10.0. The molecular formula is C21H30BrN3O3. The summed E-state index contributed by atoms with van der Waals surface area (Å²) in [7, 11) is 0. The Hall–Kier alpha value is -1.89. The average Bonchev–Trinajstić information content (AvgIpc) is 3.09. The minimum atomic E-state index is -0.369. The van der Waals surface area contributed by atoms with Gasteiger partial charge in [0.2, 0.25) is 11.8 Å². The summed E-state index contributed by atoms with van der Waals surface area (Å²) in [5.41, 5.74) is 0.505. The number of hydrogen-bond donors (Lipinski definition) is 2. The molecule has 1 saturated heterocycles. The largest absolute Gasteiger partial charge is 0.354 e. The highest BCUT2D eigenvalue weighted by Crippen LogP contribution is 2.24. The van der Waals surface area contributed by atoms with Gasteiger partial charge < -0.3 is 15.5 Å². The number of rotatable bonds is 7. The van der Waals surface area contributed by atoms with Gasteiger partial charge in [-0.3, -0.25) is 14.4 Å². The highest BCUT2D eigenvalue weighted by molar-refractivity contribution is 9.10. The van der Waals surface area contributed by atoms with E-state index in [2.05, 4.69) is 26.6 Å². The topological polar surface area (TPSA) is 78.5 Å². The van der Waals surface area contributed by atoms with Gasteiger partial charge in [-0.25, -0.2) is 0 Å². The van der Waals surface area contributed by atoms with Crippen molar-refractivity contribution in [3.63, 3.8) is 0 Å². The third-order valence-corrected chi connectivity index (χ3v) is 5.08. The van der Waals surface area contributed by atoms with Crippen LogP contribution in [0.15, 0.2) is 28.7 Å². The van der Waals surface area contributed by atoms with Crippen LogP contribution in [0.4, 0.5) is 0 Å². The first-order chi connectivity index (χ1) is 13.2. The first-order valence-electron chi connectivity index (χ1n) is 9.78. The predicted molar refractivity (Wildman–Crippen MR) is 113 cm³/mol. The van der Waals surface area contributed by atoms with E-state index in [4.69, 9.17) is 0 Å². The summed E-state index contributed by atoms with van der Waals surface area (Å²) in [6.07, 6.45) is 2.64. The third-order valence-electron chi connectivity index (χ3n) is 4.58.